The second-order valence-electron chi connectivity index (χ2n) is 4.11. The van der Waals surface area contributed by atoms with Gasteiger partial charge in [-0.05, 0) is 6.07 Å². The number of nitrogens with one attached hydrogen (secondary N) is 2. The third kappa shape index (κ3) is 3.40. The van der Waals surface area contributed by atoms with Crippen molar-refractivity contribution in [2.75, 3.05) is 25.2 Å². The Bertz CT molecular complexity index is 406. The van der Waals surface area contributed by atoms with Crippen LogP contribution in [0.25, 0.3) is 0 Å². The van der Waals surface area contributed by atoms with Crippen LogP contribution >= 0.6 is 11.8 Å². The van der Waals surface area contributed by atoms with Gasteiger partial charge in [0, 0.05) is 30.2 Å². The first-order valence-electron chi connectivity index (χ1n) is 6.02. The predicted octanol–water partition coefficient (Wildman–Crippen LogP) is 1.02. The SMILES string of the molecule is COc1ccccc1CNC(=O)C1CSCCN1. The Hall–Kier alpha value is -1.20. The summed E-state index contributed by atoms with van der Waals surface area (Å²) < 4.78 is 5.25. The first-order valence-corrected chi connectivity index (χ1v) is 7.17. The topological polar surface area (TPSA) is 50.4 Å². The Morgan fingerprint density at radius 3 is 3.11 bits per heavy atom. The van der Waals surface area contributed by atoms with Gasteiger partial charge in [0.25, 0.3) is 0 Å². The summed E-state index contributed by atoms with van der Waals surface area (Å²) in [5.41, 5.74) is 0.997. The number of ether oxygens (including phenoxy) is 1. The van der Waals surface area contributed by atoms with Gasteiger partial charge in [0.15, 0.2) is 0 Å². The molecule has 1 aromatic carbocycles. The fourth-order valence-corrected chi connectivity index (χ4v) is 2.82. The highest BCUT2D eigenvalue weighted by Crippen LogP contribution is 2.16. The van der Waals surface area contributed by atoms with Gasteiger partial charge in [0.05, 0.1) is 13.2 Å². The van der Waals surface area contributed by atoms with Crippen LogP contribution in [0.5, 0.6) is 5.75 Å². The van der Waals surface area contributed by atoms with Crippen molar-refractivity contribution in [1.29, 1.82) is 0 Å². The minimum Gasteiger partial charge on any atom is -0.496 e. The summed E-state index contributed by atoms with van der Waals surface area (Å²) in [5.74, 6) is 2.80. The maximum absolute atomic E-state index is 11.9. The first-order chi connectivity index (χ1) is 8.81. The van der Waals surface area contributed by atoms with Crippen LogP contribution in [0.2, 0.25) is 0 Å². The lowest BCUT2D eigenvalue weighted by atomic mass is 10.2. The molecule has 1 saturated heterocycles. The number of carbonyl (C=O) groups is 1. The Morgan fingerprint density at radius 2 is 2.39 bits per heavy atom. The second-order valence-corrected chi connectivity index (χ2v) is 5.26. The summed E-state index contributed by atoms with van der Waals surface area (Å²) >= 11 is 1.81. The number of benzene rings is 1. The number of para-hydroxylation sites is 1. The Kier molecular flexibility index (Phi) is 4.90. The van der Waals surface area contributed by atoms with Crippen LogP contribution in [0.3, 0.4) is 0 Å². The van der Waals surface area contributed by atoms with Gasteiger partial charge in [-0.3, -0.25) is 4.79 Å². The zero-order chi connectivity index (χ0) is 12.8. The molecule has 0 aromatic heterocycles. The molecule has 1 amide bonds. The monoisotopic (exact) mass is 266 g/mol. The molecule has 1 aromatic rings. The van der Waals surface area contributed by atoms with Gasteiger partial charge < -0.3 is 15.4 Å². The lowest BCUT2D eigenvalue weighted by Gasteiger charge is -2.22. The van der Waals surface area contributed by atoms with Crippen molar-refractivity contribution < 1.29 is 9.53 Å². The zero-order valence-electron chi connectivity index (χ0n) is 10.4. The molecule has 0 bridgehead atoms. The number of rotatable bonds is 4. The van der Waals surface area contributed by atoms with Gasteiger partial charge in [-0.15, -0.1) is 0 Å². The van der Waals surface area contributed by atoms with Gasteiger partial charge in [0.2, 0.25) is 5.91 Å². The molecule has 0 radical (unpaired) electrons. The molecule has 1 aliphatic heterocycles. The Labute approximate surface area is 111 Å². The van der Waals surface area contributed by atoms with Crippen molar-refractivity contribution in [1.82, 2.24) is 10.6 Å². The first kappa shape index (κ1) is 13.2. The number of amides is 1. The number of thioether (sulfide) groups is 1. The van der Waals surface area contributed by atoms with Gasteiger partial charge in [0.1, 0.15) is 5.75 Å². The molecule has 98 valence electrons. The zero-order valence-corrected chi connectivity index (χ0v) is 11.3. The smallest absolute Gasteiger partial charge is 0.238 e. The molecule has 0 saturated carbocycles. The van der Waals surface area contributed by atoms with E-state index in [1.54, 1.807) is 7.11 Å². The van der Waals surface area contributed by atoms with Crippen LogP contribution in [-0.2, 0) is 11.3 Å². The third-order valence-corrected chi connectivity index (χ3v) is 3.95. The van der Waals surface area contributed by atoms with E-state index in [4.69, 9.17) is 4.74 Å². The largest absolute Gasteiger partial charge is 0.496 e. The normalized spacial score (nSPS) is 19.3. The van der Waals surface area contributed by atoms with Gasteiger partial charge in [-0.25, -0.2) is 0 Å². The average Bonchev–Trinajstić information content (AvgIpc) is 2.46. The van der Waals surface area contributed by atoms with Crippen molar-refractivity contribution >= 4 is 17.7 Å². The molecular weight excluding hydrogens is 248 g/mol. The van der Waals surface area contributed by atoms with E-state index >= 15 is 0 Å². The molecule has 0 aliphatic carbocycles. The van der Waals surface area contributed by atoms with E-state index in [1.165, 1.54) is 0 Å². The van der Waals surface area contributed by atoms with Crippen LogP contribution in [0.15, 0.2) is 24.3 Å². The number of hydrogen-bond acceptors (Lipinski definition) is 4. The summed E-state index contributed by atoms with van der Waals surface area (Å²) in [5, 5.41) is 6.17. The van der Waals surface area contributed by atoms with E-state index in [2.05, 4.69) is 10.6 Å². The summed E-state index contributed by atoms with van der Waals surface area (Å²) in [4.78, 5) is 11.9. The maximum Gasteiger partial charge on any atom is 0.238 e. The van der Waals surface area contributed by atoms with Crippen LogP contribution in [-0.4, -0.2) is 37.1 Å². The summed E-state index contributed by atoms with van der Waals surface area (Å²) in [7, 11) is 1.64. The molecule has 0 spiro atoms. The number of carbonyl (C=O) groups excluding carboxylic acids is 1. The van der Waals surface area contributed by atoms with Crippen molar-refractivity contribution in [3.05, 3.63) is 29.8 Å². The van der Waals surface area contributed by atoms with Crippen molar-refractivity contribution in [3.8, 4) is 5.75 Å². The van der Waals surface area contributed by atoms with E-state index in [-0.39, 0.29) is 11.9 Å². The fourth-order valence-electron chi connectivity index (χ4n) is 1.89. The number of hydrogen-bond donors (Lipinski definition) is 2. The van der Waals surface area contributed by atoms with Crippen molar-refractivity contribution in [3.63, 3.8) is 0 Å². The molecule has 2 N–H and O–H groups in total. The molecule has 1 aliphatic rings. The van der Waals surface area contributed by atoms with E-state index < -0.39 is 0 Å². The molecule has 1 heterocycles. The minimum atomic E-state index is -0.0709. The third-order valence-electron chi connectivity index (χ3n) is 2.88. The lowest BCUT2D eigenvalue weighted by molar-refractivity contribution is -0.122. The standard InChI is InChI=1S/C13H18N2O2S/c1-17-12-5-3-2-4-10(12)8-15-13(16)11-9-18-7-6-14-11/h2-5,11,14H,6-9H2,1H3,(H,15,16). The van der Waals surface area contributed by atoms with Crippen LogP contribution in [0, 0.1) is 0 Å². The quantitative estimate of drug-likeness (QED) is 0.854. The fraction of sp³-hybridized carbons (Fsp3) is 0.462. The molecule has 2 rings (SSSR count). The van der Waals surface area contributed by atoms with Crippen LogP contribution < -0.4 is 15.4 Å². The molecule has 5 heteroatoms. The summed E-state index contributed by atoms with van der Waals surface area (Å²) in [6.45, 7) is 1.41. The van der Waals surface area contributed by atoms with Crippen LogP contribution in [0.1, 0.15) is 5.56 Å². The van der Waals surface area contributed by atoms with Gasteiger partial charge in [-0.2, -0.15) is 11.8 Å². The van der Waals surface area contributed by atoms with Gasteiger partial charge in [-0.1, -0.05) is 18.2 Å². The predicted molar refractivity (Wildman–Crippen MR) is 74.0 cm³/mol. The molecule has 18 heavy (non-hydrogen) atoms. The Balaban J connectivity index is 1.88. The highest BCUT2D eigenvalue weighted by Gasteiger charge is 2.20. The summed E-state index contributed by atoms with van der Waals surface area (Å²) in [6.07, 6.45) is 0. The second kappa shape index (κ2) is 6.66. The van der Waals surface area contributed by atoms with Crippen molar-refractivity contribution in [2.45, 2.75) is 12.6 Å². The average molecular weight is 266 g/mol. The molecular formula is C13H18N2O2S. The van der Waals surface area contributed by atoms with Crippen molar-refractivity contribution in [2.24, 2.45) is 0 Å². The Morgan fingerprint density at radius 1 is 1.56 bits per heavy atom. The van der Waals surface area contributed by atoms with E-state index in [0.29, 0.717) is 6.54 Å². The lowest BCUT2D eigenvalue weighted by Crippen LogP contribution is -2.48. The molecule has 1 atom stereocenters. The maximum atomic E-state index is 11.9. The van der Waals surface area contributed by atoms with E-state index in [0.717, 1.165) is 29.4 Å². The molecule has 4 nitrogen and oxygen atoms in total. The molecule has 1 fully saturated rings. The highest BCUT2D eigenvalue weighted by molar-refractivity contribution is 7.99. The van der Waals surface area contributed by atoms with Crippen LogP contribution in [0.4, 0.5) is 0 Å². The summed E-state index contributed by atoms with van der Waals surface area (Å²) in [6, 6.07) is 7.65. The molecule has 1 unspecified atom stereocenters. The number of methoxy groups -OCH3 is 1. The van der Waals surface area contributed by atoms with Gasteiger partial charge >= 0.3 is 0 Å². The van der Waals surface area contributed by atoms with E-state index in [9.17, 15) is 4.79 Å². The van der Waals surface area contributed by atoms with E-state index in [1.807, 2.05) is 36.0 Å². The minimum absolute atomic E-state index is 0.0631. The highest BCUT2D eigenvalue weighted by atomic mass is 32.2.